The molecule has 0 radical (unpaired) electrons. The molecule has 1 unspecified atom stereocenters. The molecule has 8 heteroatoms. The molecule has 2 aromatic rings. The largest absolute Gasteiger partial charge is 0.460 e. The van der Waals surface area contributed by atoms with E-state index in [0.717, 1.165) is 9.35 Å². The van der Waals surface area contributed by atoms with Gasteiger partial charge in [-0.1, -0.05) is 30.3 Å². The van der Waals surface area contributed by atoms with Gasteiger partial charge >= 0.3 is 5.97 Å². The van der Waals surface area contributed by atoms with Gasteiger partial charge < -0.3 is 15.4 Å². The van der Waals surface area contributed by atoms with E-state index in [1.807, 2.05) is 30.3 Å². The van der Waals surface area contributed by atoms with Crippen molar-refractivity contribution in [3.05, 3.63) is 56.7 Å². The van der Waals surface area contributed by atoms with E-state index in [-0.39, 0.29) is 19.1 Å². The Bertz CT molecular complexity index is 748. The van der Waals surface area contributed by atoms with E-state index in [1.165, 1.54) is 11.3 Å². The van der Waals surface area contributed by atoms with Crippen molar-refractivity contribution in [1.82, 2.24) is 10.6 Å². The summed E-state index contributed by atoms with van der Waals surface area (Å²) in [5, 5.41) is 5.02. The number of ether oxygens (including phenoxy) is 1. The number of thiophene rings is 1. The molecule has 0 fully saturated rings. The maximum absolute atomic E-state index is 12.0. The predicted molar refractivity (Wildman–Crippen MR) is 98.2 cm³/mol. The molecular formula is C17H17BrN2O4S. The Morgan fingerprint density at radius 3 is 2.52 bits per heavy atom. The van der Waals surface area contributed by atoms with Crippen LogP contribution in [0.5, 0.6) is 0 Å². The minimum atomic E-state index is -0.768. The van der Waals surface area contributed by atoms with Crippen molar-refractivity contribution in [1.29, 1.82) is 0 Å². The number of carbonyl (C=O) groups is 3. The van der Waals surface area contributed by atoms with Crippen LogP contribution >= 0.6 is 27.3 Å². The smallest absolute Gasteiger partial charge is 0.325 e. The minimum absolute atomic E-state index is 0.148. The fraction of sp³-hybridized carbons (Fsp3) is 0.235. The Labute approximate surface area is 157 Å². The van der Waals surface area contributed by atoms with E-state index in [4.69, 9.17) is 4.74 Å². The van der Waals surface area contributed by atoms with E-state index in [0.29, 0.717) is 4.88 Å². The van der Waals surface area contributed by atoms with Crippen LogP contribution in [0.15, 0.2) is 46.3 Å². The fourth-order valence-electron chi connectivity index (χ4n) is 1.87. The summed E-state index contributed by atoms with van der Waals surface area (Å²) in [6, 6.07) is 11.9. The van der Waals surface area contributed by atoms with Crippen LogP contribution in [0.25, 0.3) is 0 Å². The van der Waals surface area contributed by atoms with Gasteiger partial charge in [0.05, 0.1) is 8.66 Å². The Morgan fingerprint density at radius 1 is 1.16 bits per heavy atom. The molecule has 0 aliphatic carbocycles. The summed E-state index contributed by atoms with van der Waals surface area (Å²) in [6.07, 6.45) is 0. The molecule has 0 saturated carbocycles. The Kier molecular flexibility index (Phi) is 7.15. The Hall–Kier alpha value is -2.19. The Morgan fingerprint density at radius 2 is 1.88 bits per heavy atom. The molecule has 2 amide bonds. The first-order chi connectivity index (χ1) is 12.0. The summed E-state index contributed by atoms with van der Waals surface area (Å²) in [5.41, 5.74) is 0.866. The quantitative estimate of drug-likeness (QED) is 0.668. The summed E-state index contributed by atoms with van der Waals surface area (Å²) in [6.45, 7) is 1.44. The standard InChI is InChI=1S/C17H17BrN2O4S/c1-11(20-17(23)13-7-8-14(18)25-13)16(22)19-9-15(21)24-10-12-5-3-2-4-6-12/h2-8,11H,9-10H2,1H3,(H,19,22)(H,20,23). The third-order valence-electron chi connectivity index (χ3n) is 3.19. The number of rotatable bonds is 7. The van der Waals surface area contributed by atoms with Crippen LogP contribution in [0.3, 0.4) is 0 Å². The SMILES string of the molecule is CC(NC(=O)c1ccc(Br)s1)C(=O)NCC(=O)OCc1ccccc1. The van der Waals surface area contributed by atoms with Gasteiger partial charge in [-0.2, -0.15) is 0 Å². The molecule has 2 N–H and O–H groups in total. The van der Waals surface area contributed by atoms with Crippen molar-refractivity contribution in [2.45, 2.75) is 19.6 Å². The maximum Gasteiger partial charge on any atom is 0.325 e. The van der Waals surface area contributed by atoms with Crippen LogP contribution < -0.4 is 10.6 Å². The number of halogens is 1. The topological polar surface area (TPSA) is 84.5 Å². The summed E-state index contributed by atoms with van der Waals surface area (Å²) >= 11 is 4.55. The lowest BCUT2D eigenvalue weighted by Crippen LogP contribution is -2.46. The third kappa shape index (κ3) is 6.32. The molecule has 1 atom stereocenters. The lowest BCUT2D eigenvalue weighted by atomic mass is 10.2. The summed E-state index contributed by atoms with van der Waals surface area (Å²) in [7, 11) is 0. The van der Waals surface area contributed by atoms with Gasteiger partial charge in [-0.15, -0.1) is 11.3 Å². The number of hydrogen-bond acceptors (Lipinski definition) is 5. The zero-order chi connectivity index (χ0) is 18.2. The second kappa shape index (κ2) is 9.33. The molecule has 6 nitrogen and oxygen atoms in total. The number of carbonyl (C=O) groups excluding carboxylic acids is 3. The van der Waals surface area contributed by atoms with E-state index in [2.05, 4.69) is 26.6 Å². The summed E-state index contributed by atoms with van der Waals surface area (Å²) < 4.78 is 5.90. The third-order valence-corrected chi connectivity index (χ3v) is 4.81. The highest BCUT2D eigenvalue weighted by Crippen LogP contribution is 2.21. The molecule has 0 bridgehead atoms. The highest BCUT2D eigenvalue weighted by molar-refractivity contribution is 9.11. The second-order valence-electron chi connectivity index (χ2n) is 5.16. The molecule has 0 saturated heterocycles. The molecule has 1 aromatic carbocycles. The van der Waals surface area contributed by atoms with Gasteiger partial charge in [-0.25, -0.2) is 0 Å². The molecule has 0 spiro atoms. The lowest BCUT2D eigenvalue weighted by molar-refractivity contribution is -0.145. The highest BCUT2D eigenvalue weighted by Gasteiger charge is 2.18. The van der Waals surface area contributed by atoms with Crippen LogP contribution in [0.2, 0.25) is 0 Å². The monoisotopic (exact) mass is 424 g/mol. The van der Waals surface area contributed by atoms with Crippen LogP contribution in [0, 0.1) is 0 Å². The molecule has 1 aromatic heterocycles. The molecule has 25 heavy (non-hydrogen) atoms. The van der Waals surface area contributed by atoms with Gasteiger partial charge in [0.2, 0.25) is 5.91 Å². The molecule has 132 valence electrons. The van der Waals surface area contributed by atoms with Crippen molar-refractivity contribution >= 4 is 45.1 Å². The van der Waals surface area contributed by atoms with Crippen LogP contribution in [0.4, 0.5) is 0 Å². The zero-order valence-electron chi connectivity index (χ0n) is 13.5. The van der Waals surface area contributed by atoms with Gasteiger partial charge in [0.1, 0.15) is 19.2 Å². The molecule has 2 rings (SSSR count). The van der Waals surface area contributed by atoms with Gasteiger partial charge in [-0.3, -0.25) is 14.4 Å². The van der Waals surface area contributed by atoms with Crippen LogP contribution in [0.1, 0.15) is 22.2 Å². The second-order valence-corrected chi connectivity index (χ2v) is 7.63. The average molecular weight is 425 g/mol. The predicted octanol–water partition coefficient (Wildman–Crippen LogP) is 2.49. The number of esters is 1. The van der Waals surface area contributed by atoms with E-state index >= 15 is 0 Å². The van der Waals surface area contributed by atoms with E-state index in [1.54, 1.807) is 19.1 Å². The normalized spacial score (nSPS) is 11.4. The molecule has 0 aliphatic rings. The highest BCUT2D eigenvalue weighted by atomic mass is 79.9. The van der Waals surface area contributed by atoms with E-state index < -0.39 is 17.9 Å². The van der Waals surface area contributed by atoms with Crippen molar-refractivity contribution in [3.8, 4) is 0 Å². The molecule has 0 aliphatic heterocycles. The number of nitrogens with one attached hydrogen (secondary N) is 2. The van der Waals surface area contributed by atoms with Crippen molar-refractivity contribution in [3.63, 3.8) is 0 Å². The van der Waals surface area contributed by atoms with Crippen molar-refractivity contribution in [2.75, 3.05) is 6.54 Å². The minimum Gasteiger partial charge on any atom is -0.460 e. The van der Waals surface area contributed by atoms with Crippen molar-refractivity contribution < 1.29 is 19.1 Å². The lowest BCUT2D eigenvalue weighted by Gasteiger charge is -2.13. The van der Waals surface area contributed by atoms with E-state index in [9.17, 15) is 14.4 Å². The van der Waals surface area contributed by atoms with Crippen LogP contribution in [-0.2, 0) is 20.9 Å². The number of benzene rings is 1. The van der Waals surface area contributed by atoms with Gasteiger partial charge in [-0.05, 0) is 40.5 Å². The first-order valence-electron chi connectivity index (χ1n) is 7.49. The van der Waals surface area contributed by atoms with Gasteiger partial charge in [0.25, 0.3) is 5.91 Å². The maximum atomic E-state index is 12.0. The number of hydrogen-bond donors (Lipinski definition) is 2. The van der Waals surface area contributed by atoms with Crippen molar-refractivity contribution in [2.24, 2.45) is 0 Å². The first kappa shape index (κ1) is 19.1. The fourth-order valence-corrected chi connectivity index (χ4v) is 3.16. The number of amides is 2. The average Bonchev–Trinajstić information content (AvgIpc) is 3.05. The zero-order valence-corrected chi connectivity index (χ0v) is 15.9. The molecule has 1 heterocycles. The van der Waals surface area contributed by atoms with Gasteiger partial charge in [0.15, 0.2) is 0 Å². The summed E-state index contributed by atoms with van der Waals surface area (Å²) in [5.74, 6) is -1.34. The summed E-state index contributed by atoms with van der Waals surface area (Å²) in [4.78, 5) is 36.1. The van der Waals surface area contributed by atoms with Crippen LogP contribution in [-0.4, -0.2) is 30.4 Å². The molecular weight excluding hydrogens is 408 g/mol. The van der Waals surface area contributed by atoms with Gasteiger partial charge in [0, 0.05) is 0 Å². The Balaban J connectivity index is 1.71. The first-order valence-corrected chi connectivity index (χ1v) is 9.10.